The van der Waals surface area contributed by atoms with E-state index in [1.54, 1.807) is 0 Å². The third-order valence-electron chi connectivity index (χ3n) is 4.76. The second kappa shape index (κ2) is 7.03. The molecule has 2 aliphatic heterocycles. The van der Waals surface area contributed by atoms with E-state index < -0.39 is 0 Å². The van der Waals surface area contributed by atoms with E-state index in [9.17, 15) is 0 Å². The lowest BCUT2D eigenvalue weighted by molar-refractivity contribution is 0.257. The van der Waals surface area contributed by atoms with Crippen LogP contribution in [0.5, 0.6) is 5.75 Å². The highest BCUT2D eigenvalue weighted by molar-refractivity contribution is 5.80. The van der Waals surface area contributed by atoms with Gasteiger partial charge in [-0.2, -0.15) is 0 Å². The van der Waals surface area contributed by atoms with E-state index in [0.717, 1.165) is 50.3 Å². The Bertz CT molecular complexity index is 529. The second-order valence-electron chi connectivity index (χ2n) is 6.49. The Kier molecular flexibility index (Phi) is 4.86. The summed E-state index contributed by atoms with van der Waals surface area (Å²) in [5.41, 5.74) is 1.32. The maximum absolute atomic E-state index is 5.75. The summed E-state index contributed by atoms with van der Waals surface area (Å²) in [4.78, 5) is 6.89. The van der Waals surface area contributed by atoms with E-state index in [0.29, 0.717) is 5.92 Å². The number of ether oxygens (including phenoxy) is 1. The summed E-state index contributed by atoms with van der Waals surface area (Å²) in [6, 6.07) is 8.40. The number of guanidine groups is 1. The van der Waals surface area contributed by atoms with Gasteiger partial charge in [0.05, 0.1) is 6.61 Å². The van der Waals surface area contributed by atoms with Crippen LogP contribution in [0.1, 0.15) is 37.7 Å². The van der Waals surface area contributed by atoms with Crippen LogP contribution in [-0.4, -0.2) is 44.1 Å². The van der Waals surface area contributed by atoms with Crippen LogP contribution in [0, 0.1) is 5.92 Å². The van der Waals surface area contributed by atoms with Crippen LogP contribution in [0.4, 0.5) is 0 Å². The van der Waals surface area contributed by atoms with Crippen molar-refractivity contribution in [3.8, 4) is 5.75 Å². The fraction of sp³-hybridized carbons (Fsp3) is 0.611. The molecule has 0 radical (unpaired) electrons. The summed E-state index contributed by atoms with van der Waals surface area (Å²) in [6.07, 6.45) is 3.67. The largest absolute Gasteiger partial charge is 0.493 e. The molecule has 0 aliphatic carbocycles. The molecule has 1 aromatic carbocycles. The zero-order valence-corrected chi connectivity index (χ0v) is 13.7. The summed E-state index contributed by atoms with van der Waals surface area (Å²) >= 11 is 0. The molecule has 4 heteroatoms. The first kappa shape index (κ1) is 15.2. The molecule has 120 valence electrons. The molecule has 3 rings (SSSR count). The average Bonchev–Trinajstić information content (AvgIpc) is 2.56. The van der Waals surface area contributed by atoms with Crippen LogP contribution >= 0.6 is 0 Å². The van der Waals surface area contributed by atoms with Gasteiger partial charge in [0.1, 0.15) is 5.75 Å². The zero-order chi connectivity index (χ0) is 15.4. The van der Waals surface area contributed by atoms with Gasteiger partial charge in [0.2, 0.25) is 0 Å². The minimum Gasteiger partial charge on any atom is -0.493 e. The van der Waals surface area contributed by atoms with E-state index in [1.807, 2.05) is 13.1 Å². The molecule has 2 unspecified atom stereocenters. The van der Waals surface area contributed by atoms with Gasteiger partial charge in [-0.3, -0.25) is 4.99 Å². The fourth-order valence-corrected chi connectivity index (χ4v) is 3.56. The highest BCUT2D eigenvalue weighted by Gasteiger charge is 2.23. The fourth-order valence-electron chi connectivity index (χ4n) is 3.56. The lowest BCUT2D eigenvalue weighted by Gasteiger charge is -2.34. The van der Waals surface area contributed by atoms with Crippen LogP contribution in [0.15, 0.2) is 29.3 Å². The van der Waals surface area contributed by atoms with Crippen molar-refractivity contribution in [1.29, 1.82) is 0 Å². The lowest BCUT2D eigenvalue weighted by atomic mass is 9.93. The Labute approximate surface area is 133 Å². The summed E-state index contributed by atoms with van der Waals surface area (Å²) in [7, 11) is 1.89. The minimum atomic E-state index is 0.504. The molecule has 1 saturated heterocycles. The molecule has 2 heterocycles. The van der Waals surface area contributed by atoms with Gasteiger partial charge in [-0.05, 0) is 36.8 Å². The number of benzene rings is 1. The Hall–Kier alpha value is -1.71. The van der Waals surface area contributed by atoms with E-state index in [1.165, 1.54) is 18.4 Å². The summed E-state index contributed by atoms with van der Waals surface area (Å²) < 4.78 is 5.75. The maximum atomic E-state index is 5.75. The van der Waals surface area contributed by atoms with Crippen molar-refractivity contribution in [2.24, 2.45) is 10.9 Å². The van der Waals surface area contributed by atoms with Gasteiger partial charge >= 0.3 is 0 Å². The summed E-state index contributed by atoms with van der Waals surface area (Å²) in [5.74, 6) is 3.36. The van der Waals surface area contributed by atoms with Gasteiger partial charge in [0.15, 0.2) is 5.96 Å². The van der Waals surface area contributed by atoms with Crippen molar-refractivity contribution in [3.05, 3.63) is 29.8 Å². The summed E-state index contributed by atoms with van der Waals surface area (Å²) in [5, 5.41) is 3.59. The Morgan fingerprint density at radius 3 is 3.05 bits per heavy atom. The molecule has 0 saturated carbocycles. The van der Waals surface area contributed by atoms with Gasteiger partial charge in [-0.1, -0.05) is 25.1 Å². The third-order valence-corrected chi connectivity index (χ3v) is 4.76. The van der Waals surface area contributed by atoms with Crippen LogP contribution in [-0.2, 0) is 0 Å². The number of nitrogens with zero attached hydrogens (tertiary/aromatic N) is 2. The first-order valence-corrected chi connectivity index (χ1v) is 8.45. The van der Waals surface area contributed by atoms with E-state index in [-0.39, 0.29) is 0 Å². The number of likely N-dealkylation sites (tertiary alicyclic amines) is 1. The number of piperidine rings is 1. The van der Waals surface area contributed by atoms with Crippen LogP contribution < -0.4 is 10.1 Å². The van der Waals surface area contributed by atoms with Crippen LogP contribution in [0.3, 0.4) is 0 Å². The van der Waals surface area contributed by atoms with Crippen molar-refractivity contribution >= 4 is 5.96 Å². The molecule has 0 amide bonds. The quantitative estimate of drug-likeness (QED) is 0.674. The standard InChI is InChI=1S/C18H27N3O/c1-14-6-5-10-21(13-14)18(19-2)20-12-15-9-11-22-17-8-4-3-7-16(15)17/h3-4,7-8,14-15H,5-6,9-13H2,1-2H3,(H,19,20). The lowest BCUT2D eigenvalue weighted by Crippen LogP contribution is -2.47. The Morgan fingerprint density at radius 1 is 1.36 bits per heavy atom. The minimum absolute atomic E-state index is 0.504. The predicted molar refractivity (Wildman–Crippen MR) is 90.6 cm³/mol. The summed E-state index contributed by atoms with van der Waals surface area (Å²) in [6.45, 7) is 6.30. The van der Waals surface area contributed by atoms with Gasteiger partial charge < -0.3 is 15.0 Å². The van der Waals surface area contributed by atoms with Crippen molar-refractivity contribution in [2.45, 2.75) is 32.1 Å². The maximum Gasteiger partial charge on any atom is 0.193 e. The second-order valence-corrected chi connectivity index (χ2v) is 6.49. The number of rotatable bonds is 2. The van der Waals surface area contributed by atoms with E-state index in [4.69, 9.17) is 4.74 Å². The normalized spacial score (nSPS) is 25.4. The smallest absolute Gasteiger partial charge is 0.193 e. The molecule has 0 aromatic heterocycles. The zero-order valence-electron chi connectivity index (χ0n) is 13.7. The van der Waals surface area contributed by atoms with Gasteiger partial charge in [0.25, 0.3) is 0 Å². The van der Waals surface area contributed by atoms with Gasteiger partial charge in [-0.25, -0.2) is 0 Å². The molecular weight excluding hydrogens is 274 g/mol. The first-order chi connectivity index (χ1) is 10.8. The molecular formula is C18H27N3O. The molecule has 1 fully saturated rings. The molecule has 22 heavy (non-hydrogen) atoms. The van der Waals surface area contributed by atoms with Crippen LogP contribution in [0.25, 0.3) is 0 Å². The van der Waals surface area contributed by atoms with Crippen molar-refractivity contribution in [1.82, 2.24) is 10.2 Å². The third kappa shape index (κ3) is 3.37. The van der Waals surface area contributed by atoms with Crippen molar-refractivity contribution in [3.63, 3.8) is 0 Å². The molecule has 4 nitrogen and oxygen atoms in total. The van der Waals surface area contributed by atoms with Crippen LogP contribution in [0.2, 0.25) is 0 Å². The van der Waals surface area contributed by atoms with Crippen molar-refractivity contribution < 1.29 is 4.74 Å². The molecule has 0 spiro atoms. The Balaban J connectivity index is 1.62. The molecule has 1 aromatic rings. The first-order valence-electron chi connectivity index (χ1n) is 8.45. The highest BCUT2D eigenvalue weighted by Crippen LogP contribution is 2.32. The average molecular weight is 301 g/mol. The van der Waals surface area contributed by atoms with E-state index >= 15 is 0 Å². The number of hydrogen-bond donors (Lipinski definition) is 1. The number of hydrogen-bond acceptors (Lipinski definition) is 2. The molecule has 2 aliphatic rings. The molecule has 0 bridgehead atoms. The van der Waals surface area contributed by atoms with Gasteiger partial charge in [-0.15, -0.1) is 0 Å². The number of aliphatic imine (C=N–C) groups is 1. The number of fused-ring (bicyclic) bond motifs is 1. The monoisotopic (exact) mass is 301 g/mol. The predicted octanol–water partition coefficient (Wildman–Crippen LogP) is 2.86. The highest BCUT2D eigenvalue weighted by atomic mass is 16.5. The SMILES string of the molecule is CN=C(NCC1CCOc2ccccc21)N1CCCC(C)C1. The Morgan fingerprint density at radius 2 is 2.23 bits per heavy atom. The van der Waals surface area contributed by atoms with E-state index in [2.05, 4.69) is 40.3 Å². The number of para-hydroxylation sites is 1. The van der Waals surface area contributed by atoms with Gasteiger partial charge in [0, 0.05) is 32.6 Å². The number of nitrogens with one attached hydrogen (secondary N) is 1. The van der Waals surface area contributed by atoms with Crippen molar-refractivity contribution in [2.75, 3.05) is 33.3 Å². The molecule has 2 atom stereocenters. The topological polar surface area (TPSA) is 36.9 Å². The molecule has 1 N–H and O–H groups in total.